The van der Waals surface area contributed by atoms with Crippen molar-refractivity contribution in [3.63, 3.8) is 0 Å². The van der Waals surface area contributed by atoms with Crippen LogP contribution in [0.25, 0.3) is 33.1 Å². The van der Waals surface area contributed by atoms with E-state index in [1.165, 1.54) is 68.6 Å². The van der Waals surface area contributed by atoms with Crippen LogP contribution in [0.3, 0.4) is 0 Å². The maximum Gasteiger partial charge on any atom is 1.00 e. The van der Waals surface area contributed by atoms with Gasteiger partial charge < -0.3 is 17.3 Å². The van der Waals surface area contributed by atoms with Crippen LogP contribution in [-0.4, -0.2) is 12.3 Å². The average Bonchev–Trinajstić information content (AvgIpc) is 3.89. The zero-order valence-corrected chi connectivity index (χ0v) is 40.5. The van der Waals surface area contributed by atoms with Crippen molar-refractivity contribution < 1.29 is 49.2 Å². The third-order valence-electron chi connectivity index (χ3n) is 11.1. The van der Waals surface area contributed by atoms with Crippen molar-refractivity contribution in [2.45, 2.75) is 19.3 Å². The molecule has 1 nitrogen and oxygen atoms in total. The fourth-order valence-electron chi connectivity index (χ4n) is 8.10. The van der Waals surface area contributed by atoms with Crippen LogP contribution in [0.2, 0.25) is 0 Å². The topological polar surface area (TPSA) is 13.1 Å². The van der Waals surface area contributed by atoms with Gasteiger partial charge in [-0.1, -0.05) is 127 Å². The minimum absolute atomic E-state index is 0. The molecule has 8 aromatic carbocycles. The molecule has 1 aliphatic carbocycles. The van der Waals surface area contributed by atoms with Gasteiger partial charge in [-0.3, -0.25) is 11.8 Å². The van der Waals surface area contributed by atoms with E-state index in [4.69, 9.17) is 17.3 Å². The third kappa shape index (κ3) is 11.5. The Labute approximate surface area is 400 Å². The first kappa shape index (κ1) is 46.5. The summed E-state index contributed by atoms with van der Waals surface area (Å²) in [6.07, 6.45) is 20.4. The van der Waals surface area contributed by atoms with Gasteiger partial charge in [-0.25, -0.2) is 0 Å². The molecule has 0 N–H and O–H groups in total. The number of benzene rings is 8. The predicted molar refractivity (Wildman–Crippen MR) is 261 cm³/mol. The second-order valence-corrected chi connectivity index (χ2v) is 20.1. The van der Waals surface area contributed by atoms with Gasteiger partial charge in [-0.2, -0.15) is 0 Å². The van der Waals surface area contributed by atoms with Crippen LogP contribution in [0.15, 0.2) is 211 Å². The zero-order chi connectivity index (χ0) is 40.9. The summed E-state index contributed by atoms with van der Waals surface area (Å²) >= 11 is 0. The number of hydrogen-bond donors (Lipinski definition) is 0. The van der Waals surface area contributed by atoms with Crippen LogP contribution in [0.1, 0.15) is 35.1 Å². The molecule has 0 atom stereocenters. The molecule has 0 aliphatic heterocycles. The van der Waals surface area contributed by atoms with E-state index in [-0.39, 0.29) is 44.8 Å². The summed E-state index contributed by atoms with van der Waals surface area (Å²) in [5, 5.41) is 8.26. The van der Waals surface area contributed by atoms with Crippen molar-refractivity contribution in [3.8, 4) is 23.0 Å². The summed E-state index contributed by atoms with van der Waals surface area (Å²) in [6, 6.07) is 72.7. The van der Waals surface area contributed by atoms with Gasteiger partial charge in [0.25, 0.3) is 0 Å². The fraction of sp³-hybridized carbons (Fsp3) is 0.0877. The molecule has 1 aliphatic rings. The van der Waals surface area contributed by atoms with E-state index in [0.29, 0.717) is 0 Å². The third-order valence-corrected chi connectivity index (χ3v) is 16.9. The van der Waals surface area contributed by atoms with Crippen molar-refractivity contribution in [1.29, 1.82) is 0 Å². The summed E-state index contributed by atoms with van der Waals surface area (Å²) < 4.78 is 5.66. The first-order chi connectivity index (χ1) is 29.7. The number of unbranched alkanes of at least 4 members (excludes halogenated alkanes) is 1. The number of hydrogen-bond acceptors (Lipinski definition) is 1. The van der Waals surface area contributed by atoms with E-state index in [9.17, 15) is 0 Å². The number of rotatable bonds is 9. The summed E-state index contributed by atoms with van der Waals surface area (Å²) in [5.74, 6) is 4.82. The Morgan fingerprint density at radius 2 is 0.823 bits per heavy atom. The summed E-state index contributed by atoms with van der Waals surface area (Å²) in [7, 11) is -1.43. The smallest absolute Gasteiger partial charge is 0.456 e. The molecule has 1 aromatic heterocycles. The predicted octanol–water partition coefficient (Wildman–Crippen LogP) is 12.2. The quantitative estimate of drug-likeness (QED) is 0.0462. The van der Waals surface area contributed by atoms with E-state index < -0.39 is 15.8 Å². The Morgan fingerprint density at radius 3 is 1.35 bits per heavy atom. The molecule has 1 heterocycles. The first-order valence-corrected chi connectivity index (χ1v) is 24.0. The fourth-order valence-corrected chi connectivity index (χ4v) is 13.5. The van der Waals surface area contributed by atoms with Crippen LogP contribution in [0.4, 0.5) is 0 Å². The standard InChI is InChI=1S/C28H28P2.C15H9.C14H7O.2Au/c1-5-15-25(16-6-1)29(26-17-7-2-8-18-26)23-13-14-24-30(27-19-9-3-10-20-27)28-21-11-4-12-22-28;1-2-11-7-8-15-13(9-11)10-12-5-3-4-6-14(12)15;1-2-10-7-8-14-12(9-10)11-5-3-4-6-13(11)15-14;;/h1-12,15-22H,13-14,23-24H2;3-9H,10H2;3-9H;;/q;2*-1;2*+1/p+2. The summed E-state index contributed by atoms with van der Waals surface area (Å²) in [6.45, 7) is 0. The van der Waals surface area contributed by atoms with Crippen LogP contribution >= 0.6 is 15.8 Å². The maximum absolute atomic E-state index is 7.12. The molecule has 62 heavy (non-hydrogen) atoms. The normalized spacial score (nSPS) is 10.8. The Morgan fingerprint density at radius 1 is 0.403 bits per heavy atom. The van der Waals surface area contributed by atoms with Gasteiger partial charge in [0.1, 0.15) is 11.2 Å². The average molecular weight is 1200 g/mol. The minimum atomic E-state index is -0.714. The molecular weight excluding hydrogens is 1160 g/mol. The Bertz CT molecular complexity index is 2720. The zero-order valence-electron chi connectivity index (χ0n) is 34.2. The van der Waals surface area contributed by atoms with Gasteiger partial charge >= 0.3 is 44.8 Å². The molecule has 0 saturated carbocycles. The van der Waals surface area contributed by atoms with Crippen LogP contribution in [-0.2, 0) is 51.2 Å². The molecule has 10 rings (SSSR count). The summed E-state index contributed by atoms with van der Waals surface area (Å²) in [5.41, 5.74) is 8.72. The van der Waals surface area contributed by atoms with E-state index >= 15 is 0 Å². The number of fused-ring (bicyclic) bond motifs is 6. The molecular formula is C57H46Au2OP2+2. The Hall–Kier alpha value is -4.98. The monoisotopic (exact) mass is 1200 g/mol. The van der Waals surface area contributed by atoms with E-state index in [0.717, 1.165) is 39.5 Å². The molecule has 0 saturated heterocycles. The van der Waals surface area contributed by atoms with E-state index in [1.54, 1.807) is 0 Å². The number of furan rings is 1. The van der Waals surface area contributed by atoms with Crippen molar-refractivity contribution in [1.82, 2.24) is 0 Å². The Balaban J connectivity index is 0.000000168. The second-order valence-electron chi connectivity index (χ2n) is 14.9. The molecule has 0 amide bonds. The Kier molecular flexibility index (Phi) is 17.6. The van der Waals surface area contributed by atoms with Crippen molar-refractivity contribution >= 4 is 59.0 Å². The molecule has 9 aromatic rings. The summed E-state index contributed by atoms with van der Waals surface area (Å²) in [4.78, 5) is 0. The second kappa shape index (κ2) is 23.5. The maximum atomic E-state index is 7.12. The van der Waals surface area contributed by atoms with Crippen LogP contribution in [0.5, 0.6) is 0 Å². The van der Waals surface area contributed by atoms with Gasteiger partial charge in [-0.05, 0) is 96.6 Å². The molecule has 0 radical (unpaired) electrons. The SMILES string of the molecule is [Au+].[Au+].[C-]#Cc1ccc2c(c1)Cc1ccccc1-2.[C-]#Cc1ccc2oc3ccccc3c2c1.c1ccc([PH+](CCCC[PH+](c2ccccc2)c2ccccc2)c2ccccc2)cc1. The molecule has 0 fully saturated rings. The minimum Gasteiger partial charge on any atom is -0.456 e. The van der Waals surface area contributed by atoms with E-state index in [2.05, 4.69) is 170 Å². The molecule has 0 bridgehead atoms. The van der Waals surface area contributed by atoms with E-state index in [1.807, 2.05) is 48.5 Å². The van der Waals surface area contributed by atoms with Crippen molar-refractivity contribution in [2.75, 3.05) is 12.3 Å². The van der Waals surface area contributed by atoms with Crippen molar-refractivity contribution in [2.24, 2.45) is 0 Å². The van der Waals surface area contributed by atoms with Crippen molar-refractivity contribution in [3.05, 3.63) is 241 Å². The largest absolute Gasteiger partial charge is 1.00 e. The van der Waals surface area contributed by atoms with Gasteiger partial charge in [-0.15, -0.1) is 35.4 Å². The van der Waals surface area contributed by atoms with Gasteiger partial charge in [0.2, 0.25) is 0 Å². The van der Waals surface area contributed by atoms with Gasteiger partial charge in [0, 0.05) is 10.8 Å². The molecule has 310 valence electrons. The first-order valence-electron chi connectivity index (χ1n) is 20.6. The molecule has 5 heteroatoms. The molecule has 0 spiro atoms. The van der Waals surface area contributed by atoms with Gasteiger partial charge in [0.15, 0.2) is 0 Å². The molecule has 0 unspecified atom stereocenters. The van der Waals surface area contributed by atoms with Crippen LogP contribution in [0, 0.1) is 24.7 Å². The number of para-hydroxylation sites is 1. The van der Waals surface area contributed by atoms with Crippen LogP contribution < -0.4 is 21.2 Å². The van der Waals surface area contributed by atoms with Gasteiger partial charge in [0.05, 0.1) is 49.4 Å².